The molecule has 25 heavy (non-hydrogen) atoms. The number of aryl methyl sites for hydroxylation is 1. The molecular weight excluding hydrogens is 359 g/mol. The lowest BCUT2D eigenvalue weighted by molar-refractivity contribution is 0.0997. The number of thiazole rings is 1. The molecule has 0 fully saturated rings. The highest BCUT2D eigenvalue weighted by Crippen LogP contribution is 2.19. The predicted molar refractivity (Wildman–Crippen MR) is 101 cm³/mol. The molecule has 3 rings (SSSR count). The Morgan fingerprint density at radius 2 is 2.16 bits per heavy atom. The molecule has 0 spiro atoms. The first kappa shape index (κ1) is 17.7. The minimum Gasteiger partial charge on any atom is -0.497 e. The molecule has 0 saturated carbocycles. The van der Waals surface area contributed by atoms with Crippen molar-refractivity contribution in [2.75, 3.05) is 19.1 Å². The fraction of sp³-hybridized carbons (Fsp3) is 0.222. The lowest BCUT2D eigenvalue weighted by Crippen LogP contribution is -2.18. The van der Waals surface area contributed by atoms with E-state index in [4.69, 9.17) is 4.74 Å². The van der Waals surface area contributed by atoms with Crippen LogP contribution < -0.4 is 9.54 Å². The predicted octanol–water partition coefficient (Wildman–Crippen LogP) is 3.95. The molecule has 4 nitrogen and oxygen atoms in total. The zero-order valence-corrected chi connectivity index (χ0v) is 15.5. The molecule has 0 saturated heterocycles. The summed E-state index contributed by atoms with van der Waals surface area (Å²) in [6.45, 7) is 0.705. The Hall–Kier alpha value is -2.12. The van der Waals surface area contributed by atoms with Crippen LogP contribution in [0, 0.1) is 5.82 Å². The molecule has 0 bridgehead atoms. The molecular formula is C18H17FN2O2S2. The van der Waals surface area contributed by atoms with Crippen LogP contribution in [0.2, 0.25) is 0 Å². The number of amides is 1. The van der Waals surface area contributed by atoms with Gasteiger partial charge in [0.25, 0.3) is 5.91 Å². The maximum Gasteiger partial charge on any atom is 0.279 e. The number of ether oxygens (including phenoxy) is 1. The van der Waals surface area contributed by atoms with Gasteiger partial charge in [0.1, 0.15) is 11.6 Å². The average molecular weight is 376 g/mol. The molecule has 130 valence electrons. The Morgan fingerprint density at radius 1 is 1.32 bits per heavy atom. The second kappa shape index (κ2) is 7.84. The van der Waals surface area contributed by atoms with Crippen molar-refractivity contribution in [1.29, 1.82) is 0 Å². The largest absolute Gasteiger partial charge is 0.497 e. The Kier molecular flexibility index (Phi) is 5.55. The quantitative estimate of drug-likeness (QED) is 0.677. The van der Waals surface area contributed by atoms with E-state index in [-0.39, 0.29) is 11.7 Å². The number of fused-ring (bicyclic) bond motifs is 1. The van der Waals surface area contributed by atoms with Gasteiger partial charge in [-0.1, -0.05) is 17.4 Å². The lowest BCUT2D eigenvalue weighted by Gasteiger charge is -2.04. The number of hydrogen-bond acceptors (Lipinski definition) is 4. The van der Waals surface area contributed by atoms with Gasteiger partial charge in [-0.25, -0.2) is 4.39 Å². The van der Waals surface area contributed by atoms with Crippen LogP contribution in [0.15, 0.2) is 47.5 Å². The van der Waals surface area contributed by atoms with Crippen molar-refractivity contribution in [3.8, 4) is 5.75 Å². The minimum absolute atomic E-state index is 0.295. The minimum atomic E-state index is -0.344. The van der Waals surface area contributed by atoms with Crippen LogP contribution in [0.5, 0.6) is 5.75 Å². The third kappa shape index (κ3) is 3.93. The smallest absolute Gasteiger partial charge is 0.279 e. The van der Waals surface area contributed by atoms with Crippen LogP contribution in [0.4, 0.5) is 4.39 Å². The van der Waals surface area contributed by atoms with Gasteiger partial charge in [-0.15, -0.1) is 0 Å². The summed E-state index contributed by atoms with van der Waals surface area (Å²) >= 11 is 3.02. The number of halogens is 1. The van der Waals surface area contributed by atoms with Crippen LogP contribution in [0.1, 0.15) is 10.4 Å². The Morgan fingerprint density at radius 3 is 2.92 bits per heavy atom. The standard InChI is InChI=1S/C18H17FN2O2S2/c1-23-14-5-3-4-12(10-14)17(22)20-18-21(8-9-24-2)15-7-6-13(19)11-16(15)25-18/h3-7,10-11H,8-9H2,1-2H3. The molecule has 0 atom stereocenters. The van der Waals surface area contributed by atoms with E-state index in [0.29, 0.717) is 22.7 Å². The third-order valence-electron chi connectivity index (χ3n) is 3.68. The summed E-state index contributed by atoms with van der Waals surface area (Å²) in [5, 5.41) is 0. The SMILES string of the molecule is COc1cccc(C(=O)N=c2sc3cc(F)ccc3n2CCSC)c1. The monoisotopic (exact) mass is 376 g/mol. The van der Waals surface area contributed by atoms with Crippen LogP contribution >= 0.6 is 23.1 Å². The van der Waals surface area contributed by atoms with Crippen molar-refractivity contribution >= 4 is 39.2 Å². The summed E-state index contributed by atoms with van der Waals surface area (Å²) in [6.07, 6.45) is 2.02. The summed E-state index contributed by atoms with van der Waals surface area (Å²) in [6, 6.07) is 11.5. The van der Waals surface area contributed by atoms with E-state index in [0.717, 1.165) is 16.0 Å². The van der Waals surface area contributed by atoms with Gasteiger partial charge >= 0.3 is 0 Å². The topological polar surface area (TPSA) is 43.6 Å². The van der Waals surface area contributed by atoms with Gasteiger partial charge < -0.3 is 9.30 Å². The second-order valence-corrected chi connectivity index (χ2v) is 7.28. The lowest BCUT2D eigenvalue weighted by atomic mass is 10.2. The fourth-order valence-electron chi connectivity index (χ4n) is 2.44. The summed E-state index contributed by atoms with van der Waals surface area (Å²) in [7, 11) is 1.55. The number of benzene rings is 2. The van der Waals surface area contributed by atoms with Gasteiger partial charge in [0, 0.05) is 17.9 Å². The van der Waals surface area contributed by atoms with Gasteiger partial charge in [-0.05, 0) is 42.7 Å². The maximum absolute atomic E-state index is 13.5. The summed E-state index contributed by atoms with van der Waals surface area (Å²) in [5.74, 6) is 0.846. The molecule has 0 aliphatic carbocycles. The summed E-state index contributed by atoms with van der Waals surface area (Å²) in [4.78, 5) is 17.4. The zero-order valence-electron chi connectivity index (χ0n) is 13.9. The van der Waals surface area contributed by atoms with Crippen LogP contribution in [0.3, 0.4) is 0 Å². The van der Waals surface area contributed by atoms with Gasteiger partial charge in [0.15, 0.2) is 4.80 Å². The van der Waals surface area contributed by atoms with E-state index in [9.17, 15) is 9.18 Å². The number of methoxy groups -OCH3 is 1. The van der Waals surface area contributed by atoms with Crippen LogP contribution in [-0.4, -0.2) is 29.6 Å². The van der Waals surface area contributed by atoms with E-state index >= 15 is 0 Å². The van der Waals surface area contributed by atoms with Gasteiger partial charge in [-0.2, -0.15) is 16.8 Å². The van der Waals surface area contributed by atoms with Crippen molar-refractivity contribution in [2.45, 2.75) is 6.54 Å². The van der Waals surface area contributed by atoms with E-state index in [1.807, 2.05) is 10.8 Å². The molecule has 2 aromatic carbocycles. The average Bonchev–Trinajstić information content (AvgIpc) is 2.95. The molecule has 1 heterocycles. The van der Waals surface area contributed by atoms with E-state index in [1.54, 1.807) is 49.2 Å². The summed E-state index contributed by atoms with van der Waals surface area (Å²) in [5.41, 5.74) is 1.34. The van der Waals surface area contributed by atoms with E-state index in [1.165, 1.54) is 23.5 Å². The normalized spacial score (nSPS) is 11.9. The number of thioether (sulfide) groups is 1. The second-order valence-electron chi connectivity index (χ2n) is 5.29. The molecule has 0 N–H and O–H groups in total. The van der Waals surface area contributed by atoms with Gasteiger partial charge in [0.05, 0.1) is 17.3 Å². The molecule has 3 aromatic rings. The molecule has 7 heteroatoms. The van der Waals surface area contributed by atoms with Crippen molar-refractivity contribution in [1.82, 2.24) is 4.57 Å². The maximum atomic E-state index is 13.5. The molecule has 0 aliphatic rings. The molecule has 1 aromatic heterocycles. The van der Waals surface area contributed by atoms with E-state index < -0.39 is 0 Å². The van der Waals surface area contributed by atoms with Crippen LogP contribution in [0.25, 0.3) is 10.2 Å². The number of carbonyl (C=O) groups is 1. The number of nitrogens with zero attached hydrogens (tertiary/aromatic N) is 2. The first-order valence-electron chi connectivity index (χ1n) is 7.63. The molecule has 0 aliphatic heterocycles. The highest BCUT2D eigenvalue weighted by molar-refractivity contribution is 7.98. The first-order valence-corrected chi connectivity index (χ1v) is 9.84. The summed E-state index contributed by atoms with van der Waals surface area (Å²) < 4.78 is 21.4. The number of hydrogen-bond donors (Lipinski definition) is 0. The Balaban J connectivity index is 2.08. The number of rotatable bonds is 5. The highest BCUT2D eigenvalue weighted by Gasteiger charge is 2.10. The fourth-order valence-corrected chi connectivity index (χ4v) is 3.88. The molecule has 1 amide bonds. The number of aromatic nitrogens is 1. The van der Waals surface area contributed by atoms with Gasteiger partial charge in [-0.3, -0.25) is 4.79 Å². The molecule has 0 radical (unpaired) electrons. The van der Waals surface area contributed by atoms with Gasteiger partial charge in [0.2, 0.25) is 0 Å². The van der Waals surface area contributed by atoms with Crippen LogP contribution in [-0.2, 0) is 6.54 Å². The molecule has 0 unspecified atom stereocenters. The first-order chi connectivity index (χ1) is 12.1. The Bertz CT molecular complexity index is 979. The zero-order chi connectivity index (χ0) is 17.8. The number of carbonyl (C=O) groups excluding carboxylic acids is 1. The van der Waals surface area contributed by atoms with E-state index in [2.05, 4.69) is 4.99 Å². The van der Waals surface area contributed by atoms with Crippen molar-refractivity contribution in [3.05, 3.63) is 58.6 Å². The Labute approximate surface area is 153 Å². The van der Waals surface area contributed by atoms with Crippen molar-refractivity contribution in [3.63, 3.8) is 0 Å². The third-order valence-corrected chi connectivity index (χ3v) is 5.31. The van der Waals surface area contributed by atoms with Crippen molar-refractivity contribution in [2.24, 2.45) is 4.99 Å². The highest BCUT2D eigenvalue weighted by atomic mass is 32.2. The van der Waals surface area contributed by atoms with Crippen molar-refractivity contribution < 1.29 is 13.9 Å².